The molecule has 3 aromatic rings. The van der Waals surface area contributed by atoms with Gasteiger partial charge in [0.2, 0.25) is 0 Å². The highest BCUT2D eigenvalue weighted by molar-refractivity contribution is 9.10. The second-order valence-electron chi connectivity index (χ2n) is 8.61. The fraction of sp³-hybridized carbons (Fsp3) is 0.269. The third-order valence-electron chi connectivity index (χ3n) is 5.26. The summed E-state index contributed by atoms with van der Waals surface area (Å²) in [5.41, 5.74) is 1.29. The van der Waals surface area contributed by atoms with Crippen molar-refractivity contribution in [3.05, 3.63) is 63.6 Å². The van der Waals surface area contributed by atoms with E-state index in [-0.39, 0.29) is 29.8 Å². The topological polar surface area (TPSA) is 93.1 Å². The summed E-state index contributed by atoms with van der Waals surface area (Å²) in [6.07, 6.45) is -0.517. The second kappa shape index (κ2) is 9.10. The zero-order valence-corrected chi connectivity index (χ0v) is 20.8. The minimum Gasteiger partial charge on any atom is -0.490 e. The van der Waals surface area contributed by atoms with Crippen LogP contribution in [0.4, 0.5) is 5.69 Å². The van der Waals surface area contributed by atoms with Crippen LogP contribution in [0.15, 0.2) is 46.9 Å². The first-order valence-corrected chi connectivity index (χ1v) is 11.7. The Labute approximate surface area is 205 Å². The number of nitrogens with zero attached hydrogens (tertiary/aromatic N) is 1. The fourth-order valence-corrected chi connectivity index (χ4v) is 4.68. The Morgan fingerprint density at radius 3 is 2.21 bits per heavy atom. The van der Waals surface area contributed by atoms with Crippen molar-refractivity contribution in [2.75, 3.05) is 4.90 Å². The molecule has 1 aliphatic heterocycles. The van der Waals surface area contributed by atoms with E-state index in [0.717, 1.165) is 10.3 Å². The highest BCUT2D eigenvalue weighted by atomic mass is 79.9. The lowest BCUT2D eigenvalue weighted by Crippen LogP contribution is -2.30. The van der Waals surface area contributed by atoms with E-state index in [1.165, 1.54) is 0 Å². The highest BCUT2D eigenvalue weighted by Crippen LogP contribution is 2.44. The number of hydrogen-bond acceptors (Lipinski definition) is 5. The van der Waals surface area contributed by atoms with Gasteiger partial charge >= 0.3 is 5.97 Å². The maximum atomic E-state index is 13.8. The van der Waals surface area contributed by atoms with Gasteiger partial charge in [-0.1, -0.05) is 18.2 Å². The van der Waals surface area contributed by atoms with E-state index in [1.54, 1.807) is 30.3 Å². The van der Waals surface area contributed by atoms with Gasteiger partial charge in [-0.05, 0) is 78.8 Å². The normalized spacial score (nSPS) is 13.2. The molecular formula is C26H24BrNO6. The molecule has 2 amide bonds. The van der Waals surface area contributed by atoms with Gasteiger partial charge in [0.25, 0.3) is 11.8 Å². The van der Waals surface area contributed by atoms with Crippen molar-refractivity contribution in [3.8, 4) is 11.5 Å². The van der Waals surface area contributed by atoms with Crippen LogP contribution in [-0.4, -0.2) is 35.1 Å². The smallest absolute Gasteiger partial charge is 0.307 e. The summed E-state index contributed by atoms with van der Waals surface area (Å²) >= 11 is 3.41. The largest absolute Gasteiger partial charge is 0.490 e. The molecule has 34 heavy (non-hydrogen) atoms. The standard InChI is InChI=1S/C26H24BrNO6/c1-13(2)33-19-7-5-6-16-12-20(34-14(3)4)23-24(22(16)19)26(32)28(25(23)31)18-9-8-15(10-17(18)27)11-21(29)30/h5-10,12-14H,11H2,1-4H3,(H,29,30). The molecule has 1 aliphatic rings. The van der Waals surface area contributed by atoms with E-state index in [2.05, 4.69) is 15.9 Å². The van der Waals surface area contributed by atoms with Crippen LogP contribution >= 0.6 is 15.9 Å². The lowest BCUT2D eigenvalue weighted by molar-refractivity contribution is -0.136. The average Bonchev–Trinajstić information content (AvgIpc) is 2.98. The lowest BCUT2D eigenvalue weighted by atomic mass is 9.98. The molecule has 8 heteroatoms. The van der Waals surface area contributed by atoms with Crippen molar-refractivity contribution < 1.29 is 29.0 Å². The number of halogens is 1. The van der Waals surface area contributed by atoms with Gasteiger partial charge in [-0.3, -0.25) is 14.4 Å². The first-order chi connectivity index (χ1) is 16.1. The first-order valence-electron chi connectivity index (χ1n) is 10.9. The molecule has 0 bridgehead atoms. The van der Waals surface area contributed by atoms with Crippen LogP contribution in [-0.2, 0) is 11.2 Å². The van der Waals surface area contributed by atoms with Gasteiger partial charge in [0.05, 0.1) is 35.4 Å². The Hall–Kier alpha value is -3.39. The van der Waals surface area contributed by atoms with Crippen LogP contribution in [0.25, 0.3) is 10.8 Å². The number of carboxylic acid groups (broad SMARTS) is 1. The van der Waals surface area contributed by atoms with Crippen LogP contribution in [0.1, 0.15) is 54.0 Å². The summed E-state index contributed by atoms with van der Waals surface area (Å²) in [5, 5.41) is 10.4. The molecule has 0 aromatic heterocycles. The molecule has 0 unspecified atom stereocenters. The molecule has 176 valence electrons. The molecule has 1 N–H and O–H groups in total. The number of anilines is 1. The third-order valence-corrected chi connectivity index (χ3v) is 5.89. The fourth-order valence-electron chi connectivity index (χ4n) is 4.07. The number of aliphatic carboxylic acids is 1. The van der Waals surface area contributed by atoms with E-state index < -0.39 is 17.8 Å². The van der Waals surface area contributed by atoms with Crippen molar-refractivity contribution in [1.82, 2.24) is 0 Å². The summed E-state index contributed by atoms with van der Waals surface area (Å²) in [6, 6.07) is 12.0. The van der Waals surface area contributed by atoms with Crippen LogP contribution in [0.2, 0.25) is 0 Å². The Morgan fingerprint density at radius 2 is 1.59 bits per heavy atom. The number of carboxylic acids is 1. The highest BCUT2D eigenvalue weighted by Gasteiger charge is 2.42. The number of imide groups is 1. The summed E-state index contributed by atoms with van der Waals surface area (Å²) in [4.78, 5) is 39.6. The van der Waals surface area contributed by atoms with Gasteiger partial charge in [-0.2, -0.15) is 0 Å². The molecular weight excluding hydrogens is 502 g/mol. The Bertz CT molecular complexity index is 1330. The Balaban J connectivity index is 1.93. The monoisotopic (exact) mass is 525 g/mol. The maximum absolute atomic E-state index is 13.8. The SMILES string of the molecule is CC(C)Oc1cc2cccc(OC(C)C)c2c2c1C(=O)N(c1ccc(CC(=O)O)cc1Br)C2=O. The molecule has 0 aliphatic carbocycles. The third kappa shape index (κ3) is 4.25. The van der Waals surface area contributed by atoms with Gasteiger partial charge in [-0.25, -0.2) is 4.90 Å². The summed E-state index contributed by atoms with van der Waals surface area (Å²) in [6.45, 7) is 7.49. The number of ether oxygens (including phenoxy) is 2. The zero-order valence-electron chi connectivity index (χ0n) is 19.2. The number of rotatable bonds is 7. The van der Waals surface area contributed by atoms with Gasteiger partial charge < -0.3 is 14.6 Å². The average molecular weight is 526 g/mol. The number of carbonyl (C=O) groups is 3. The van der Waals surface area contributed by atoms with Crippen LogP contribution in [0, 0.1) is 0 Å². The molecule has 0 atom stereocenters. The van der Waals surface area contributed by atoms with E-state index >= 15 is 0 Å². The van der Waals surface area contributed by atoms with E-state index in [4.69, 9.17) is 14.6 Å². The van der Waals surface area contributed by atoms with Gasteiger partial charge in [0, 0.05) is 9.86 Å². The maximum Gasteiger partial charge on any atom is 0.307 e. The molecule has 0 spiro atoms. The van der Waals surface area contributed by atoms with Crippen molar-refractivity contribution in [1.29, 1.82) is 0 Å². The number of benzene rings is 3. The summed E-state index contributed by atoms with van der Waals surface area (Å²) < 4.78 is 12.4. The van der Waals surface area contributed by atoms with Crippen molar-refractivity contribution in [2.24, 2.45) is 0 Å². The number of fused-ring (bicyclic) bond motifs is 3. The number of hydrogen-bond donors (Lipinski definition) is 1. The quantitative estimate of drug-likeness (QED) is 0.403. The molecule has 0 saturated heterocycles. The van der Waals surface area contributed by atoms with Crippen molar-refractivity contribution >= 4 is 50.2 Å². The van der Waals surface area contributed by atoms with E-state index in [9.17, 15) is 14.4 Å². The minimum atomic E-state index is -0.972. The van der Waals surface area contributed by atoms with Crippen LogP contribution in [0.5, 0.6) is 11.5 Å². The number of amides is 2. The molecule has 0 saturated carbocycles. The Kier molecular flexibility index (Phi) is 6.36. The van der Waals surface area contributed by atoms with Gasteiger partial charge in [-0.15, -0.1) is 0 Å². The summed E-state index contributed by atoms with van der Waals surface area (Å²) in [7, 11) is 0. The predicted octanol–water partition coefficient (Wildman–Crippen LogP) is 5.60. The molecule has 3 aromatic carbocycles. The van der Waals surface area contributed by atoms with Crippen molar-refractivity contribution in [2.45, 2.75) is 46.3 Å². The van der Waals surface area contributed by atoms with Gasteiger partial charge in [0.1, 0.15) is 11.5 Å². The van der Waals surface area contributed by atoms with Gasteiger partial charge in [0.15, 0.2) is 0 Å². The summed E-state index contributed by atoms with van der Waals surface area (Å²) in [5.74, 6) is -1.13. The molecule has 4 rings (SSSR count). The second-order valence-corrected chi connectivity index (χ2v) is 9.47. The van der Waals surface area contributed by atoms with Crippen LogP contribution < -0.4 is 14.4 Å². The Morgan fingerprint density at radius 1 is 0.941 bits per heavy atom. The zero-order chi connectivity index (χ0) is 24.7. The van der Waals surface area contributed by atoms with E-state index in [1.807, 2.05) is 39.8 Å². The number of carbonyl (C=O) groups excluding carboxylic acids is 2. The first kappa shape index (κ1) is 23.8. The minimum absolute atomic E-state index is 0.132. The van der Waals surface area contributed by atoms with Crippen molar-refractivity contribution in [3.63, 3.8) is 0 Å². The molecule has 0 fully saturated rings. The molecule has 1 heterocycles. The van der Waals surface area contributed by atoms with Crippen LogP contribution in [0.3, 0.4) is 0 Å². The predicted molar refractivity (Wildman–Crippen MR) is 132 cm³/mol. The molecule has 7 nitrogen and oxygen atoms in total. The van der Waals surface area contributed by atoms with E-state index in [0.29, 0.717) is 32.6 Å². The lowest BCUT2D eigenvalue weighted by Gasteiger charge is -2.17. The molecule has 0 radical (unpaired) electrons.